The second-order valence-electron chi connectivity index (χ2n) is 9.04. The maximum Gasteiger partial charge on any atom is 0.224 e. The first-order valence-corrected chi connectivity index (χ1v) is 11.6. The summed E-state index contributed by atoms with van der Waals surface area (Å²) in [6.07, 6.45) is 11.4. The topological polar surface area (TPSA) is 79.8 Å². The number of aryl methyl sites for hydroxylation is 1. The lowest BCUT2D eigenvalue weighted by molar-refractivity contribution is 0.111. The fraction of sp³-hybridized carbons (Fsp3) is 0.259. The number of nitrogens with one attached hydrogen (secondary N) is 1. The van der Waals surface area contributed by atoms with Crippen molar-refractivity contribution in [2.75, 3.05) is 20.1 Å². The highest BCUT2D eigenvalue weighted by molar-refractivity contribution is 5.98. The molecule has 0 aliphatic carbocycles. The van der Waals surface area contributed by atoms with Crippen LogP contribution < -0.4 is 4.74 Å². The lowest BCUT2D eigenvalue weighted by Crippen LogP contribution is -2.35. The smallest absolute Gasteiger partial charge is 0.224 e. The molecule has 1 fully saturated rings. The van der Waals surface area contributed by atoms with E-state index in [1.165, 1.54) is 5.56 Å². The van der Waals surface area contributed by atoms with Crippen LogP contribution in [-0.2, 0) is 0 Å². The largest absolute Gasteiger partial charge is 0.474 e. The highest BCUT2D eigenvalue weighted by Crippen LogP contribution is 2.34. The Morgan fingerprint density at radius 1 is 0.941 bits per heavy atom. The first-order chi connectivity index (χ1) is 16.7. The van der Waals surface area contributed by atoms with Gasteiger partial charge in [-0.05, 0) is 62.2 Å². The molecule has 170 valence electrons. The summed E-state index contributed by atoms with van der Waals surface area (Å²) in [6, 6.07) is 10.5. The first-order valence-electron chi connectivity index (χ1n) is 11.6. The fourth-order valence-electron chi connectivity index (χ4n) is 4.71. The van der Waals surface area contributed by atoms with Gasteiger partial charge in [0.2, 0.25) is 5.88 Å². The van der Waals surface area contributed by atoms with Gasteiger partial charge in [0.25, 0.3) is 0 Å². The van der Waals surface area contributed by atoms with Gasteiger partial charge < -0.3 is 14.6 Å². The standard InChI is InChI=1S/C27H26N6O/c1-17-5-8-28-14-23(17)19-12-21-24(15-30-26(21)29-13-19)18-3-4-25-22(11-18)27(32-16-31-25)34-20-6-9-33(2)10-7-20/h3-5,8,11-16,20H,6-7,9-10H2,1-2H3,(H,29,30). The summed E-state index contributed by atoms with van der Waals surface area (Å²) in [5.41, 5.74) is 7.20. The van der Waals surface area contributed by atoms with Gasteiger partial charge in [-0.25, -0.2) is 15.0 Å². The van der Waals surface area contributed by atoms with Crippen molar-refractivity contribution in [1.82, 2.24) is 29.8 Å². The fourth-order valence-corrected chi connectivity index (χ4v) is 4.71. The molecule has 0 unspecified atom stereocenters. The van der Waals surface area contributed by atoms with Gasteiger partial charge in [-0.3, -0.25) is 4.98 Å². The van der Waals surface area contributed by atoms with Gasteiger partial charge >= 0.3 is 0 Å². The summed E-state index contributed by atoms with van der Waals surface area (Å²) >= 11 is 0. The molecule has 5 heterocycles. The zero-order chi connectivity index (χ0) is 23.1. The van der Waals surface area contributed by atoms with Crippen molar-refractivity contribution in [2.45, 2.75) is 25.9 Å². The van der Waals surface area contributed by atoms with Crippen molar-refractivity contribution in [2.24, 2.45) is 0 Å². The molecular weight excluding hydrogens is 424 g/mol. The number of hydrogen-bond acceptors (Lipinski definition) is 6. The summed E-state index contributed by atoms with van der Waals surface area (Å²) in [7, 11) is 2.15. The summed E-state index contributed by atoms with van der Waals surface area (Å²) in [5.74, 6) is 0.658. The Balaban J connectivity index is 1.41. The van der Waals surface area contributed by atoms with Crippen molar-refractivity contribution in [3.8, 4) is 28.1 Å². The third-order valence-corrected chi connectivity index (χ3v) is 6.73. The van der Waals surface area contributed by atoms with E-state index in [9.17, 15) is 0 Å². The highest BCUT2D eigenvalue weighted by Gasteiger charge is 2.20. The van der Waals surface area contributed by atoms with E-state index in [-0.39, 0.29) is 6.10 Å². The third kappa shape index (κ3) is 3.78. The van der Waals surface area contributed by atoms with E-state index in [1.54, 1.807) is 6.33 Å². The normalized spacial score (nSPS) is 15.2. The number of pyridine rings is 2. The van der Waals surface area contributed by atoms with Crippen LogP contribution in [0.3, 0.4) is 0 Å². The maximum absolute atomic E-state index is 6.36. The van der Waals surface area contributed by atoms with Gasteiger partial charge in [0.1, 0.15) is 18.1 Å². The Bertz CT molecular complexity index is 1490. The molecule has 7 nitrogen and oxygen atoms in total. The Labute approximate surface area is 197 Å². The van der Waals surface area contributed by atoms with E-state index in [2.05, 4.69) is 62.0 Å². The van der Waals surface area contributed by atoms with Gasteiger partial charge in [-0.15, -0.1) is 0 Å². The van der Waals surface area contributed by atoms with Crippen molar-refractivity contribution >= 4 is 21.9 Å². The lowest BCUT2D eigenvalue weighted by Gasteiger charge is -2.29. The van der Waals surface area contributed by atoms with Crippen LogP contribution >= 0.6 is 0 Å². The van der Waals surface area contributed by atoms with E-state index in [4.69, 9.17) is 4.74 Å². The molecule has 0 radical (unpaired) electrons. The van der Waals surface area contributed by atoms with Crippen molar-refractivity contribution in [3.05, 3.63) is 67.0 Å². The van der Waals surface area contributed by atoms with Crippen molar-refractivity contribution < 1.29 is 4.74 Å². The Morgan fingerprint density at radius 2 is 1.79 bits per heavy atom. The average molecular weight is 451 g/mol. The number of ether oxygens (including phenoxy) is 1. The molecule has 0 spiro atoms. The number of H-pyrrole nitrogens is 1. The van der Waals surface area contributed by atoms with E-state index < -0.39 is 0 Å². The first kappa shape index (κ1) is 20.7. The molecule has 34 heavy (non-hydrogen) atoms. The number of aromatic amines is 1. The Hall–Kier alpha value is -3.84. The molecule has 0 bridgehead atoms. The number of benzene rings is 1. The van der Waals surface area contributed by atoms with Gasteiger partial charge in [0.15, 0.2) is 0 Å². The molecule has 0 atom stereocenters. The van der Waals surface area contributed by atoms with Crippen molar-refractivity contribution in [3.63, 3.8) is 0 Å². The zero-order valence-corrected chi connectivity index (χ0v) is 19.3. The van der Waals surface area contributed by atoms with Crippen LogP contribution in [0, 0.1) is 6.92 Å². The maximum atomic E-state index is 6.36. The number of nitrogens with zero attached hydrogens (tertiary/aromatic N) is 5. The van der Waals surface area contributed by atoms with Gasteiger partial charge in [0.05, 0.1) is 10.9 Å². The minimum absolute atomic E-state index is 0.181. The van der Waals surface area contributed by atoms with Crippen molar-refractivity contribution in [1.29, 1.82) is 0 Å². The minimum Gasteiger partial charge on any atom is -0.474 e. The molecule has 4 aromatic heterocycles. The van der Waals surface area contributed by atoms with Gasteiger partial charge in [0, 0.05) is 60.0 Å². The number of likely N-dealkylation sites (tertiary alicyclic amines) is 1. The van der Waals surface area contributed by atoms with Crippen LogP contribution in [0.4, 0.5) is 0 Å². The van der Waals surface area contributed by atoms with Crippen LogP contribution in [-0.4, -0.2) is 56.1 Å². The number of aromatic nitrogens is 5. The van der Waals surface area contributed by atoms with Gasteiger partial charge in [-0.2, -0.15) is 0 Å². The third-order valence-electron chi connectivity index (χ3n) is 6.73. The van der Waals surface area contributed by atoms with Crippen LogP contribution in [0.2, 0.25) is 0 Å². The van der Waals surface area contributed by atoms with E-state index in [0.717, 1.165) is 70.1 Å². The molecule has 1 N–H and O–H groups in total. The van der Waals surface area contributed by atoms with E-state index in [1.807, 2.05) is 36.9 Å². The summed E-state index contributed by atoms with van der Waals surface area (Å²) in [4.78, 5) is 23.6. The quantitative estimate of drug-likeness (QED) is 0.414. The summed E-state index contributed by atoms with van der Waals surface area (Å²) in [6.45, 7) is 4.18. The Kier molecular flexibility index (Phi) is 5.19. The van der Waals surface area contributed by atoms with Crippen LogP contribution in [0.25, 0.3) is 44.2 Å². The molecule has 1 aromatic carbocycles. The minimum atomic E-state index is 0.181. The SMILES string of the molecule is Cc1ccncc1-c1cnc2[nH]cc(-c3ccc4ncnc(OC5CCN(C)CC5)c4c3)c2c1. The number of hydrogen-bond donors (Lipinski definition) is 1. The molecule has 6 rings (SSSR count). The number of fused-ring (bicyclic) bond motifs is 2. The van der Waals surface area contributed by atoms with Crippen LogP contribution in [0.1, 0.15) is 18.4 Å². The number of piperidine rings is 1. The van der Waals surface area contributed by atoms with E-state index >= 15 is 0 Å². The van der Waals surface area contributed by atoms with Crippen LogP contribution in [0.15, 0.2) is 61.4 Å². The Morgan fingerprint density at radius 3 is 2.65 bits per heavy atom. The molecule has 7 heteroatoms. The summed E-state index contributed by atoms with van der Waals surface area (Å²) in [5, 5.41) is 2.00. The van der Waals surface area contributed by atoms with Gasteiger partial charge in [-0.1, -0.05) is 6.07 Å². The molecule has 1 aliphatic heterocycles. The molecule has 0 saturated carbocycles. The molecule has 1 saturated heterocycles. The second-order valence-corrected chi connectivity index (χ2v) is 9.04. The second kappa shape index (κ2) is 8.50. The highest BCUT2D eigenvalue weighted by atomic mass is 16.5. The summed E-state index contributed by atoms with van der Waals surface area (Å²) < 4.78 is 6.36. The predicted molar refractivity (Wildman–Crippen MR) is 134 cm³/mol. The average Bonchev–Trinajstić information content (AvgIpc) is 3.29. The van der Waals surface area contributed by atoms with E-state index in [0.29, 0.717) is 5.88 Å². The lowest BCUT2D eigenvalue weighted by atomic mass is 10.00. The zero-order valence-electron chi connectivity index (χ0n) is 19.3. The molecule has 1 aliphatic rings. The molecule has 0 amide bonds. The van der Waals surface area contributed by atoms with Crippen LogP contribution in [0.5, 0.6) is 5.88 Å². The number of rotatable bonds is 4. The molecule has 5 aromatic rings. The predicted octanol–water partition coefficient (Wildman–Crippen LogP) is 5.02. The molecular formula is C27H26N6O. The monoisotopic (exact) mass is 450 g/mol.